The number of carbonyl (C=O) groups excluding carboxylic acids is 1. The van der Waals surface area contributed by atoms with Gasteiger partial charge in [-0.15, -0.1) is 24.0 Å². The molecule has 1 amide bonds. The van der Waals surface area contributed by atoms with Gasteiger partial charge in [0.1, 0.15) is 5.75 Å². The van der Waals surface area contributed by atoms with E-state index in [-0.39, 0.29) is 42.5 Å². The number of aliphatic imine (C=N–C) groups is 1. The largest absolute Gasteiger partial charge is 0.484 e. The molecule has 0 heterocycles. The summed E-state index contributed by atoms with van der Waals surface area (Å²) in [6.45, 7) is 10.2. The van der Waals surface area contributed by atoms with E-state index in [9.17, 15) is 4.79 Å². The topological polar surface area (TPSA) is 74.8 Å². The quantitative estimate of drug-likeness (QED) is 0.242. The Balaban J connectivity index is 0.00000480. The van der Waals surface area contributed by atoms with Crippen molar-refractivity contribution >= 4 is 35.8 Å². The number of likely N-dealkylation sites (N-methyl/N-ethyl adjacent to an activating group) is 1. The van der Waals surface area contributed by atoms with Gasteiger partial charge in [-0.1, -0.05) is 49.4 Å². The number of rotatable bonds is 10. The third-order valence-corrected chi connectivity index (χ3v) is 4.85. The molecule has 170 valence electrons. The van der Waals surface area contributed by atoms with Crippen LogP contribution >= 0.6 is 24.0 Å². The van der Waals surface area contributed by atoms with Crippen molar-refractivity contribution < 1.29 is 9.53 Å². The fourth-order valence-corrected chi connectivity index (χ4v) is 3.01. The average molecular weight is 538 g/mol. The molecule has 0 fully saturated rings. The van der Waals surface area contributed by atoms with E-state index >= 15 is 0 Å². The summed E-state index contributed by atoms with van der Waals surface area (Å²) in [6.07, 6.45) is 0. The van der Waals surface area contributed by atoms with Gasteiger partial charge < -0.3 is 20.7 Å². The minimum atomic E-state index is -0.124. The van der Waals surface area contributed by atoms with Gasteiger partial charge in [-0.3, -0.25) is 4.79 Å². The summed E-state index contributed by atoms with van der Waals surface area (Å²) in [5, 5.41) is 9.54. The van der Waals surface area contributed by atoms with Crippen LogP contribution in [0.15, 0.2) is 59.6 Å². The zero-order valence-corrected chi connectivity index (χ0v) is 21.2. The SMILES string of the molecule is CCNC(=O)COc1cccc(CN=C(NCC)NC(C)C(C)c2ccccc2)c1.I. The van der Waals surface area contributed by atoms with E-state index in [1.54, 1.807) is 0 Å². The van der Waals surface area contributed by atoms with Crippen LogP contribution in [-0.4, -0.2) is 37.6 Å². The number of guanidine groups is 1. The van der Waals surface area contributed by atoms with Crippen molar-refractivity contribution in [1.29, 1.82) is 0 Å². The minimum absolute atomic E-state index is 0. The molecule has 2 aromatic rings. The predicted octanol–water partition coefficient (Wildman–Crippen LogP) is 4.07. The molecule has 0 saturated carbocycles. The van der Waals surface area contributed by atoms with Crippen molar-refractivity contribution in [3.8, 4) is 5.75 Å². The molecule has 0 radical (unpaired) electrons. The van der Waals surface area contributed by atoms with Gasteiger partial charge >= 0.3 is 0 Å². The fraction of sp³-hybridized carbons (Fsp3) is 0.417. The molecule has 3 N–H and O–H groups in total. The lowest BCUT2D eigenvalue weighted by molar-refractivity contribution is -0.122. The molecule has 31 heavy (non-hydrogen) atoms. The molecule has 7 heteroatoms. The summed E-state index contributed by atoms with van der Waals surface area (Å²) in [6, 6.07) is 18.4. The zero-order chi connectivity index (χ0) is 21.8. The molecule has 0 aromatic heterocycles. The Kier molecular flexibility index (Phi) is 12.7. The van der Waals surface area contributed by atoms with Gasteiger partial charge in [-0.05, 0) is 44.0 Å². The lowest BCUT2D eigenvalue weighted by Gasteiger charge is -2.24. The summed E-state index contributed by atoms with van der Waals surface area (Å²) in [5.41, 5.74) is 2.31. The Labute approximate surface area is 203 Å². The van der Waals surface area contributed by atoms with Gasteiger partial charge in [-0.25, -0.2) is 4.99 Å². The monoisotopic (exact) mass is 538 g/mol. The van der Waals surface area contributed by atoms with E-state index < -0.39 is 0 Å². The van der Waals surface area contributed by atoms with Crippen molar-refractivity contribution in [3.05, 3.63) is 65.7 Å². The van der Waals surface area contributed by atoms with Crippen molar-refractivity contribution in [3.63, 3.8) is 0 Å². The Hall–Kier alpha value is -2.29. The van der Waals surface area contributed by atoms with Gasteiger partial charge in [0.05, 0.1) is 6.54 Å². The maximum absolute atomic E-state index is 11.6. The zero-order valence-electron chi connectivity index (χ0n) is 18.9. The van der Waals surface area contributed by atoms with Crippen LogP contribution < -0.4 is 20.7 Å². The van der Waals surface area contributed by atoms with Crippen LogP contribution in [0.25, 0.3) is 0 Å². The highest BCUT2D eigenvalue weighted by Crippen LogP contribution is 2.18. The van der Waals surface area contributed by atoms with Crippen molar-refractivity contribution in [2.45, 2.75) is 46.2 Å². The number of amides is 1. The van der Waals surface area contributed by atoms with Crippen molar-refractivity contribution in [1.82, 2.24) is 16.0 Å². The summed E-state index contributed by atoms with van der Waals surface area (Å²) in [4.78, 5) is 16.3. The number of benzene rings is 2. The first kappa shape index (κ1) is 26.7. The fourth-order valence-electron chi connectivity index (χ4n) is 3.01. The Morgan fingerprint density at radius 1 is 1.00 bits per heavy atom. The predicted molar refractivity (Wildman–Crippen MR) is 138 cm³/mol. The van der Waals surface area contributed by atoms with Gasteiger partial charge in [0, 0.05) is 25.0 Å². The standard InChI is InChI=1S/C24H34N4O2.HI/c1-5-25-23(29)17-30-22-14-10-11-20(15-22)16-27-24(26-6-2)28-19(4)18(3)21-12-8-7-9-13-21;/h7-15,18-19H,5-6,16-17H2,1-4H3,(H,25,29)(H2,26,27,28);1H. The maximum Gasteiger partial charge on any atom is 0.257 e. The Bertz CT molecular complexity index is 814. The van der Waals surface area contributed by atoms with Crippen LogP contribution in [0, 0.1) is 0 Å². The van der Waals surface area contributed by atoms with Crippen molar-refractivity contribution in [2.24, 2.45) is 4.99 Å². The Morgan fingerprint density at radius 3 is 2.39 bits per heavy atom. The van der Waals surface area contributed by atoms with Gasteiger partial charge in [0.15, 0.2) is 12.6 Å². The minimum Gasteiger partial charge on any atom is -0.484 e. The second-order valence-electron chi connectivity index (χ2n) is 7.22. The first-order valence-corrected chi connectivity index (χ1v) is 10.6. The summed E-state index contributed by atoms with van der Waals surface area (Å²) >= 11 is 0. The average Bonchev–Trinajstić information content (AvgIpc) is 2.77. The molecule has 0 bridgehead atoms. The van der Waals surface area contributed by atoms with E-state index in [1.165, 1.54) is 5.56 Å². The van der Waals surface area contributed by atoms with Crippen molar-refractivity contribution in [2.75, 3.05) is 19.7 Å². The van der Waals surface area contributed by atoms with E-state index in [0.717, 1.165) is 18.1 Å². The van der Waals surface area contributed by atoms with E-state index in [1.807, 2.05) is 37.3 Å². The van der Waals surface area contributed by atoms with Crippen LogP contribution in [0.1, 0.15) is 44.7 Å². The maximum atomic E-state index is 11.6. The molecule has 0 spiro atoms. The highest BCUT2D eigenvalue weighted by molar-refractivity contribution is 14.0. The highest BCUT2D eigenvalue weighted by atomic mass is 127. The van der Waals surface area contributed by atoms with Crippen LogP contribution in [0.5, 0.6) is 5.75 Å². The number of nitrogens with zero attached hydrogens (tertiary/aromatic N) is 1. The van der Waals surface area contributed by atoms with E-state index in [2.05, 4.69) is 61.0 Å². The molecule has 0 saturated heterocycles. The number of ether oxygens (including phenoxy) is 1. The summed E-state index contributed by atoms with van der Waals surface area (Å²) in [7, 11) is 0. The normalized spacial score (nSPS) is 12.8. The molecule has 0 aliphatic rings. The number of halogens is 1. The first-order valence-electron chi connectivity index (χ1n) is 10.6. The molecule has 2 unspecified atom stereocenters. The lowest BCUT2D eigenvalue weighted by Crippen LogP contribution is -2.44. The van der Waals surface area contributed by atoms with Gasteiger partial charge in [0.2, 0.25) is 0 Å². The second kappa shape index (κ2) is 14.7. The summed E-state index contributed by atoms with van der Waals surface area (Å²) < 4.78 is 5.57. The molecule has 2 rings (SSSR count). The molecule has 2 aromatic carbocycles. The molecular formula is C24H35IN4O2. The molecular weight excluding hydrogens is 503 g/mol. The first-order chi connectivity index (χ1) is 14.5. The smallest absolute Gasteiger partial charge is 0.257 e. The van der Waals surface area contributed by atoms with Gasteiger partial charge in [-0.2, -0.15) is 0 Å². The van der Waals surface area contributed by atoms with E-state index in [4.69, 9.17) is 9.73 Å². The number of nitrogens with one attached hydrogen (secondary N) is 3. The van der Waals surface area contributed by atoms with Crippen LogP contribution in [-0.2, 0) is 11.3 Å². The van der Waals surface area contributed by atoms with Crippen LogP contribution in [0.3, 0.4) is 0 Å². The van der Waals surface area contributed by atoms with Crippen LogP contribution in [0.4, 0.5) is 0 Å². The highest BCUT2D eigenvalue weighted by Gasteiger charge is 2.15. The van der Waals surface area contributed by atoms with Gasteiger partial charge in [0.25, 0.3) is 5.91 Å². The van der Waals surface area contributed by atoms with Crippen LogP contribution in [0.2, 0.25) is 0 Å². The molecule has 6 nitrogen and oxygen atoms in total. The van der Waals surface area contributed by atoms with E-state index in [0.29, 0.717) is 24.8 Å². The number of hydrogen-bond donors (Lipinski definition) is 3. The Morgan fingerprint density at radius 2 is 1.71 bits per heavy atom. The second-order valence-corrected chi connectivity index (χ2v) is 7.22. The lowest BCUT2D eigenvalue weighted by atomic mass is 9.94. The third kappa shape index (κ3) is 9.59. The number of carbonyl (C=O) groups is 1. The molecule has 0 aliphatic heterocycles. The number of hydrogen-bond acceptors (Lipinski definition) is 3. The summed E-state index contributed by atoms with van der Waals surface area (Å²) in [5.74, 6) is 1.67. The third-order valence-electron chi connectivity index (χ3n) is 4.85. The molecule has 2 atom stereocenters. The molecule has 0 aliphatic carbocycles.